The van der Waals surface area contributed by atoms with Crippen molar-refractivity contribution < 1.29 is 57.5 Å². The molecule has 11 nitrogen and oxygen atoms in total. The van der Waals surface area contributed by atoms with Gasteiger partial charge in [-0.3, -0.25) is 9.59 Å². The van der Waals surface area contributed by atoms with Gasteiger partial charge in [-0.05, 0) is 122 Å². The number of benzene rings is 3. The molecule has 0 bridgehead atoms. The summed E-state index contributed by atoms with van der Waals surface area (Å²) in [6.07, 6.45) is 4.19. The zero-order valence-corrected chi connectivity index (χ0v) is 32.6. The molecule has 280 valence electrons. The molecule has 1 aliphatic rings. The molecule has 13 heteroatoms. The van der Waals surface area contributed by atoms with E-state index < -0.39 is 47.1 Å². The van der Waals surface area contributed by atoms with Crippen molar-refractivity contribution in [2.75, 3.05) is 7.11 Å². The van der Waals surface area contributed by atoms with Crippen LogP contribution in [0.15, 0.2) is 28.5 Å². The number of hydrogen-bond donors (Lipinski definition) is 2. The van der Waals surface area contributed by atoms with E-state index in [4.69, 9.17) is 18.9 Å². The number of esters is 3. The summed E-state index contributed by atoms with van der Waals surface area (Å²) in [7, 11) is 1.31. The van der Waals surface area contributed by atoms with Crippen molar-refractivity contribution >= 4 is 45.6 Å². The first-order valence-corrected chi connectivity index (χ1v) is 17.5. The van der Waals surface area contributed by atoms with Gasteiger partial charge >= 0.3 is 23.9 Å². The Hall–Kier alpha value is -5.30. The van der Waals surface area contributed by atoms with Crippen molar-refractivity contribution in [3.63, 3.8) is 0 Å². The van der Waals surface area contributed by atoms with E-state index in [-0.39, 0.29) is 72.9 Å². The van der Waals surface area contributed by atoms with Crippen molar-refractivity contribution in [3.8, 4) is 23.0 Å². The van der Waals surface area contributed by atoms with E-state index in [1.165, 1.54) is 33.1 Å². The summed E-state index contributed by atoms with van der Waals surface area (Å²) in [6.45, 7) is 14.4. The smallest absolute Gasteiger partial charge is 0.347 e. The molecule has 0 heterocycles. The number of aromatic hydroxyl groups is 1. The van der Waals surface area contributed by atoms with E-state index in [0.717, 1.165) is 6.08 Å². The van der Waals surface area contributed by atoms with Gasteiger partial charge in [0, 0.05) is 17.2 Å². The SMILES string of the molecule is CCc1c(C)c(C(=O)O)c(C)c(C)c1OC(=O)c1c(C)c(F)c(OC(=O)c2c(C)c(C)c(OC(=O)C3C=CC(=O)C=C3OC)c(Br)c2O)c(CC)c1C. The van der Waals surface area contributed by atoms with E-state index >= 15 is 4.39 Å². The first kappa shape index (κ1) is 40.5. The molecule has 4 rings (SSSR count). The number of hydrogen-bond acceptors (Lipinski definition) is 10. The first-order chi connectivity index (χ1) is 24.8. The van der Waals surface area contributed by atoms with Gasteiger partial charge in [0.1, 0.15) is 33.2 Å². The van der Waals surface area contributed by atoms with E-state index in [1.54, 1.807) is 41.5 Å². The molecule has 1 aliphatic carbocycles. The topological polar surface area (TPSA) is 163 Å². The van der Waals surface area contributed by atoms with Crippen molar-refractivity contribution in [2.45, 2.75) is 75.2 Å². The molecule has 0 saturated carbocycles. The Morgan fingerprint density at radius 1 is 0.736 bits per heavy atom. The largest absolute Gasteiger partial charge is 0.506 e. The Kier molecular flexibility index (Phi) is 12.0. The van der Waals surface area contributed by atoms with E-state index in [9.17, 15) is 34.2 Å². The molecule has 0 radical (unpaired) electrons. The van der Waals surface area contributed by atoms with Gasteiger partial charge in [0.05, 0.1) is 18.2 Å². The van der Waals surface area contributed by atoms with E-state index in [2.05, 4.69) is 15.9 Å². The number of carboxylic acids is 1. The highest BCUT2D eigenvalue weighted by atomic mass is 79.9. The van der Waals surface area contributed by atoms with Gasteiger partial charge in [0.2, 0.25) is 0 Å². The van der Waals surface area contributed by atoms with Gasteiger partial charge in [-0.25, -0.2) is 18.8 Å². The second kappa shape index (κ2) is 15.7. The van der Waals surface area contributed by atoms with Gasteiger partial charge in [0.15, 0.2) is 23.1 Å². The lowest BCUT2D eigenvalue weighted by Gasteiger charge is -2.22. The fraction of sp³-hybridized carbons (Fsp3) is 0.325. The summed E-state index contributed by atoms with van der Waals surface area (Å²) in [5.74, 6) is -7.19. The molecule has 53 heavy (non-hydrogen) atoms. The fourth-order valence-electron chi connectivity index (χ4n) is 6.61. The number of carbonyl (C=O) groups excluding carboxylic acids is 4. The summed E-state index contributed by atoms with van der Waals surface area (Å²) >= 11 is 3.21. The first-order valence-electron chi connectivity index (χ1n) is 16.7. The molecule has 1 atom stereocenters. The third kappa shape index (κ3) is 7.22. The summed E-state index contributed by atoms with van der Waals surface area (Å²) in [6, 6.07) is 0. The second-order valence-corrected chi connectivity index (χ2v) is 13.4. The lowest BCUT2D eigenvalue weighted by molar-refractivity contribution is -0.137. The lowest BCUT2D eigenvalue weighted by Crippen LogP contribution is -2.25. The molecule has 0 saturated heterocycles. The van der Waals surface area contributed by atoms with E-state index in [1.807, 2.05) is 6.92 Å². The number of carboxylic acid groups (broad SMARTS) is 1. The number of rotatable bonds is 10. The number of aromatic carboxylic acids is 1. The van der Waals surface area contributed by atoms with Gasteiger partial charge in [-0.15, -0.1) is 0 Å². The van der Waals surface area contributed by atoms with Crippen molar-refractivity contribution in [1.82, 2.24) is 0 Å². The molecule has 3 aromatic rings. The molecule has 3 aromatic carbocycles. The predicted molar refractivity (Wildman–Crippen MR) is 196 cm³/mol. The van der Waals surface area contributed by atoms with Crippen LogP contribution >= 0.6 is 15.9 Å². The summed E-state index contributed by atoms with van der Waals surface area (Å²) in [5.41, 5.74) is 2.43. The van der Waals surface area contributed by atoms with Crippen LogP contribution in [0, 0.1) is 60.2 Å². The molecule has 0 aromatic heterocycles. The molecule has 0 amide bonds. The van der Waals surface area contributed by atoms with Crippen molar-refractivity contribution in [1.29, 1.82) is 0 Å². The van der Waals surface area contributed by atoms with Crippen LogP contribution in [0.25, 0.3) is 0 Å². The minimum Gasteiger partial charge on any atom is -0.506 e. The quantitative estimate of drug-likeness (QED) is 0.152. The number of methoxy groups -OCH3 is 1. The third-order valence-corrected chi connectivity index (χ3v) is 10.5. The average molecular weight is 796 g/mol. The zero-order chi connectivity index (χ0) is 39.8. The molecule has 0 fully saturated rings. The molecular weight excluding hydrogens is 755 g/mol. The minimum atomic E-state index is -1.12. The Balaban J connectivity index is 1.72. The van der Waals surface area contributed by atoms with Crippen LogP contribution in [-0.2, 0) is 27.2 Å². The third-order valence-electron chi connectivity index (χ3n) is 9.76. The summed E-state index contributed by atoms with van der Waals surface area (Å²) < 4.78 is 38.4. The number of allylic oxidation sites excluding steroid dienone is 2. The molecular formula is C40H40BrFO11. The number of halogens is 2. The molecule has 1 unspecified atom stereocenters. The Labute approximate surface area is 314 Å². The Morgan fingerprint density at radius 2 is 1.25 bits per heavy atom. The van der Waals surface area contributed by atoms with E-state index in [0.29, 0.717) is 34.2 Å². The highest BCUT2D eigenvalue weighted by Crippen LogP contribution is 2.44. The van der Waals surface area contributed by atoms with Crippen LogP contribution in [0.4, 0.5) is 4.39 Å². The van der Waals surface area contributed by atoms with Crippen LogP contribution in [0.3, 0.4) is 0 Å². The van der Waals surface area contributed by atoms with Crippen LogP contribution < -0.4 is 14.2 Å². The number of phenols is 1. The molecule has 0 aliphatic heterocycles. The van der Waals surface area contributed by atoms with Crippen LogP contribution in [0.1, 0.15) is 95.0 Å². The Morgan fingerprint density at radius 3 is 1.81 bits per heavy atom. The highest BCUT2D eigenvalue weighted by molar-refractivity contribution is 9.10. The monoisotopic (exact) mass is 794 g/mol. The molecule has 2 N–H and O–H groups in total. The second-order valence-electron chi connectivity index (χ2n) is 12.6. The van der Waals surface area contributed by atoms with Crippen LogP contribution in [-0.4, -0.2) is 47.0 Å². The van der Waals surface area contributed by atoms with Crippen molar-refractivity contribution in [3.05, 3.63) is 101 Å². The fourth-order valence-corrected chi connectivity index (χ4v) is 7.19. The number of ether oxygens (including phenoxy) is 4. The maximum atomic E-state index is 16.3. The maximum Gasteiger partial charge on any atom is 0.347 e. The normalized spacial score (nSPS) is 13.8. The zero-order valence-electron chi connectivity index (χ0n) is 31.0. The van der Waals surface area contributed by atoms with Gasteiger partial charge in [0.25, 0.3) is 0 Å². The van der Waals surface area contributed by atoms with Crippen molar-refractivity contribution in [2.24, 2.45) is 5.92 Å². The van der Waals surface area contributed by atoms with Crippen LogP contribution in [0.5, 0.6) is 23.0 Å². The van der Waals surface area contributed by atoms with Gasteiger partial charge in [-0.2, -0.15) is 0 Å². The lowest BCUT2D eigenvalue weighted by atomic mass is 9.91. The minimum absolute atomic E-state index is 0.0662. The number of ketones is 1. The Bertz CT molecular complexity index is 2150. The number of carbonyl (C=O) groups is 5. The average Bonchev–Trinajstić information content (AvgIpc) is 3.10. The molecule has 0 spiro atoms. The number of phenolic OH excluding ortho intramolecular Hbond substituents is 1. The maximum absolute atomic E-state index is 16.3. The predicted octanol–water partition coefficient (Wildman–Crippen LogP) is 7.90. The summed E-state index contributed by atoms with van der Waals surface area (Å²) in [4.78, 5) is 64.4. The van der Waals surface area contributed by atoms with Crippen LogP contribution in [0.2, 0.25) is 0 Å². The van der Waals surface area contributed by atoms with Gasteiger partial charge < -0.3 is 29.2 Å². The summed E-state index contributed by atoms with van der Waals surface area (Å²) in [5, 5.41) is 21.0. The standard InChI is InChI=1S/C40H40BrFO11/c1-11-24-20(7)28(37(45)46)16(3)18(5)34(24)51-39(48)29-21(8)25(12-2)36(32(42)22(29)9)53-40(49)30-17(4)19(6)35(31(41)33(30)44)52-38(47)26-14-13-23(43)15-27(26)50-10/h13-15,26,44H,11-12H2,1-10H3,(H,45,46). The van der Waals surface area contributed by atoms with Gasteiger partial charge in [-0.1, -0.05) is 19.9 Å². The highest BCUT2D eigenvalue weighted by Gasteiger charge is 2.33.